The highest BCUT2D eigenvalue weighted by Crippen LogP contribution is 2.36. The minimum atomic E-state index is -0.601. The van der Waals surface area contributed by atoms with E-state index in [1.54, 1.807) is 6.20 Å². The highest BCUT2D eigenvalue weighted by Gasteiger charge is 2.21. The van der Waals surface area contributed by atoms with Crippen LogP contribution in [0.5, 0.6) is 0 Å². The summed E-state index contributed by atoms with van der Waals surface area (Å²) >= 11 is 0. The van der Waals surface area contributed by atoms with Gasteiger partial charge in [0.15, 0.2) is 12.2 Å². The van der Waals surface area contributed by atoms with Crippen molar-refractivity contribution in [2.45, 2.75) is 38.5 Å². The van der Waals surface area contributed by atoms with Crippen molar-refractivity contribution in [3.05, 3.63) is 65.7 Å². The summed E-state index contributed by atoms with van der Waals surface area (Å²) in [5.74, 6) is 1.70. The van der Waals surface area contributed by atoms with Gasteiger partial charge in [0.05, 0.1) is 36.0 Å². The number of rotatable bonds is 8. The third kappa shape index (κ3) is 5.43. The number of anilines is 1. The molecule has 2 heterocycles. The van der Waals surface area contributed by atoms with E-state index in [4.69, 9.17) is 14.3 Å². The zero-order valence-electron chi connectivity index (χ0n) is 21.2. The highest BCUT2D eigenvalue weighted by atomic mass is 32.3. The second kappa shape index (κ2) is 10.4. The van der Waals surface area contributed by atoms with Crippen molar-refractivity contribution in [3.8, 4) is 17.5 Å². The topological polar surface area (TPSA) is 88.9 Å². The van der Waals surface area contributed by atoms with Gasteiger partial charge in [0.25, 0.3) is 0 Å². The predicted octanol–water partition coefficient (Wildman–Crippen LogP) is 6.11. The summed E-state index contributed by atoms with van der Waals surface area (Å²) in [4.78, 5) is 4.10. The lowest BCUT2D eigenvalue weighted by Crippen LogP contribution is -2.12. The molecule has 0 bridgehead atoms. The molecule has 0 aliphatic heterocycles. The fourth-order valence-electron chi connectivity index (χ4n) is 4.74. The number of oxazole rings is 1. The molecule has 4 aromatic rings. The molecule has 1 N–H and O–H groups in total. The standard InChI is InChI=1S/C28H33N5O2S/c1-36(2,3)13-12-34-19-33-26-11-9-22(15-24(26)28(32-33)27-17-30-18-35-27)31-25-7-5-4-6-21-14-20(16-29)8-10-23(21)25/h8-11,14-15,17-18,25,31H,4-7,12-13,19H2,1-3H3. The van der Waals surface area contributed by atoms with Gasteiger partial charge in [0.2, 0.25) is 0 Å². The Labute approximate surface area is 213 Å². The van der Waals surface area contributed by atoms with Gasteiger partial charge in [-0.25, -0.2) is 19.7 Å². The maximum absolute atomic E-state index is 9.33. The summed E-state index contributed by atoms with van der Waals surface area (Å²) in [5.41, 5.74) is 6.07. The zero-order chi connectivity index (χ0) is 25.1. The fraction of sp³-hybridized carbons (Fsp3) is 0.393. The first-order chi connectivity index (χ1) is 17.4. The first-order valence-corrected chi connectivity index (χ1v) is 15.4. The number of nitrogens with zero attached hydrogens (tertiary/aromatic N) is 4. The van der Waals surface area contributed by atoms with Gasteiger partial charge in [-0.1, -0.05) is 12.5 Å². The molecule has 0 spiro atoms. The molecule has 1 aliphatic rings. The van der Waals surface area contributed by atoms with E-state index in [0.29, 0.717) is 19.1 Å². The Kier molecular flexibility index (Phi) is 7.04. The largest absolute Gasteiger partial charge is 0.442 e. The lowest BCUT2D eigenvalue weighted by molar-refractivity contribution is 0.0842. The Hall–Kier alpha value is -3.28. The number of aromatic nitrogens is 3. The van der Waals surface area contributed by atoms with Crippen molar-refractivity contribution < 1.29 is 9.15 Å². The number of hydrogen-bond acceptors (Lipinski definition) is 6. The molecule has 0 amide bonds. The summed E-state index contributed by atoms with van der Waals surface area (Å²) in [5, 5.41) is 18.9. The average Bonchev–Trinajstić information content (AvgIpc) is 3.46. The van der Waals surface area contributed by atoms with Crippen LogP contribution in [0.1, 0.15) is 42.0 Å². The SMILES string of the molecule is CS(C)(C)CCOCn1nc(-c2cnco2)c2cc(NC3CCCCc4cc(C#N)ccc43)ccc21. The zero-order valence-corrected chi connectivity index (χ0v) is 22.0. The number of benzene rings is 2. The normalized spacial score (nSPS) is 16.3. The van der Waals surface area contributed by atoms with Crippen LogP contribution < -0.4 is 5.32 Å². The lowest BCUT2D eigenvalue weighted by atomic mass is 9.96. The van der Waals surface area contributed by atoms with Crippen molar-refractivity contribution in [3.63, 3.8) is 0 Å². The van der Waals surface area contributed by atoms with E-state index < -0.39 is 10.0 Å². The van der Waals surface area contributed by atoms with Crippen LogP contribution in [0, 0.1) is 11.3 Å². The molecule has 2 aromatic carbocycles. The number of hydrogen-bond donors (Lipinski definition) is 1. The van der Waals surface area contributed by atoms with Crippen LogP contribution in [0.15, 0.2) is 53.4 Å². The second-order valence-corrected chi connectivity index (χ2v) is 14.8. The molecule has 8 heteroatoms. The number of nitriles is 1. The number of nitrogens with one attached hydrogen (secondary N) is 1. The second-order valence-electron chi connectivity index (χ2n) is 10.2. The molecular weight excluding hydrogens is 470 g/mol. The quantitative estimate of drug-likeness (QED) is 0.230. The fourth-order valence-corrected chi connectivity index (χ4v) is 5.36. The average molecular weight is 504 g/mol. The van der Waals surface area contributed by atoms with E-state index in [1.807, 2.05) is 16.8 Å². The molecule has 36 heavy (non-hydrogen) atoms. The van der Waals surface area contributed by atoms with Gasteiger partial charge in [-0.05, 0) is 79.5 Å². The number of aryl methyl sites for hydroxylation is 1. The third-order valence-electron chi connectivity index (χ3n) is 6.65. The van der Waals surface area contributed by atoms with Crippen LogP contribution in [0.25, 0.3) is 22.4 Å². The van der Waals surface area contributed by atoms with Crippen LogP contribution in [0.2, 0.25) is 0 Å². The van der Waals surface area contributed by atoms with E-state index in [-0.39, 0.29) is 6.04 Å². The van der Waals surface area contributed by atoms with Gasteiger partial charge < -0.3 is 14.5 Å². The lowest BCUT2D eigenvalue weighted by Gasteiger charge is -2.24. The molecule has 1 unspecified atom stereocenters. The van der Waals surface area contributed by atoms with Gasteiger partial charge in [-0.3, -0.25) is 0 Å². The Morgan fingerprint density at radius 2 is 2.08 bits per heavy atom. The molecule has 0 fully saturated rings. The van der Waals surface area contributed by atoms with E-state index in [0.717, 1.165) is 59.3 Å². The highest BCUT2D eigenvalue weighted by molar-refractivity contribution is 8.32. The molecule has 0 saturated carbocycles. The predicted molar refractivity (Wildman–Crippen MR) is 146 cm³/mol. The van der Waals surface area contributed by atoms with Gasteiger partial charge in [0, 0.05) is 16.8 Å². The van der Waals surface area contributed by atoms with E-state index >= 15 is 0 Å². The van der Waals surface area contributed by atoms with Crippen molar-refractivity contribution in [1.82, 2.24) is 14.8 Å². The minimum Gasteiger partial charge on any atom is -0.442 e. The van der Waals surface area contributed by atoms with Crippen molar-refractivity contribution in [2.24, 2.45) is 0 Å². The Morgan fingerprint density at radius 3 is 2.86 bits per heavy atom. The molecule has 188 valence electrons. The molecule has 1 atom stereocenters. The van der Waals surface area contributed by atoms with Crippen molar-refractivity contribution >= 4 is 26.6 Å². The first-order valence-electron chi connectivity index (χ1n) is 12.3. The number of ether oxygens (including phenoxy) is 1. The van der Waals surface area contributed by atoms with Crippen molar-refractivity contribution in [2.75, 3.05) is 36.4 Å². The third-order valence-corrected chi connectivity index (χ3v) is 8.04. The molecule has 7 nitrogen and oxygen atoms in total. The van der Waals surface area contributed by atoms with Gasteiger partial charge in [-0.15, -0.1) is 0 Å². The summed E-state index contributed by atoms with van der Waals surface area (Å²) in [6, 6.07) is 14.9. The van der Waals surface area contributed by atoms with Crippen LogP contribution in [-0.4, -0.2) is 45.9 Å². The van der Waals surface area contributed by atoms with E-state index in [1.165, 1.54) is 17.5 Å². The van der Waals surface area contributed by atoms with Gasteiger partial charge in [-0.2, -0.15) is 10.4 Å². The monoisotopic (exact) mass is 503 g/mol. The Morgan fingerprint density at radius 1 is 1.19 bits per heavy atom. The summed E-state index contributed by atoms with van der Waals surface area (Å²) < 4.78 is 13.5. The molecule has 1 aliphatic carbocycles. The molecular formula is C28H33N5O2S. The van der Waals surface area contributed by atoms with Crippen LogP contribution in [0.3, 0.4) is 0 Å². The van der Waals surface area contributed by atoms with Crippen LogP contribution >= 0.6 is 10.0 Å². The maximum Gasteiger partial charge on any atom is 0.181 e. The molecule has 5 rings (SSSR count). The van der Waals surface area contributed by atoms with E-state index in [2.05, 4.69) is 59.4 Å². The first kappa shape index (κ1) is 24.4. The van der Waals surface area contributed by atoms with Crippen LogP contribution in [0.4, 0.5) is 5.69 Å². The smallest absolute Gasteiger partial charge is 0.181 e. The summed E-state index contributed by atoms with van der Waals surface area (Å²) in [6.45, 7) is 1.11. The van der Waals surface area contributed by atoms with E-state index in [9.17, 15) is 5.26 Å². The summed E-state index contributed by atoms with van der Waals surface area (Å²) in [7, 11) is -0.601. The number of fused-ring (bicyclic) bond motifs is 2. The van der Waals surface area contributed by atoms with Crippen molar-refractivity contribution in [1.29, 1.82) is 5.26 Å². The maximum atomic E-state index is 9.33. The minimum absolute atomic E-state index is 0.194. The van der Waals surface area contributed by atoms with Gasteiger partial charge in [0.1, 0.15) is 12.4 Å². The Balaban J connectivity index is 1.44. The molecule has 2 aromatic heterocycles. The molecule has 0 radical (unpaired) electrons. The summed E-state index contributed by atoms with van der Waals surface area (Å²) in [6.07, 6.45) is 14.4. The molecule has 0 saturated heterocycles. The van der Waals surface area contributed by atoms with Gasteiger partial charge >= 0.3 is 0 Å². The Bertz CT molecular complexity index is 1380. The van der Waals surface area contributed by atoms with Crippen LogP contribution in [-0.2, 0) is 17.9 Å².